The summed E-state index contributed by atoms with van der Waals surface area (Å²) in [6.45, 7) is 7.20. The highest BCUT2D eigenvalue weighted by Crippen LogP contribution is 2.32. The molecule has 0 spiro atoms. The molecule has 0 radical (unpaired) electrons. The molecule has 4 rings (SSSR count). The molecule has 0 aliphatic heterocycles. The molecule has 7 nitrogen and oxygen atoms in total. The Balaban J connectivity index is 1.68. The van der Waals surface area contributed by atoms with E-state index in [0.717, 1.165) is 35.2 Å². The molecule has 2 heterocycles. The number of carbonyl (C=O) groups excluding carboxylic acids is 1. The monoisotopic (exact) mass is 536 g/mol. The molecule has 2 aromatic carbocycles. The fourth-order valence-electron chi connectivity index (χ4n) is 4.10. The van der Waals surface area contributed by atoms with Crippen LogP contribution < -0.4 is 4.90 Å². The van der Waals surface area contributed by atoms with E-state index < -0.39 is 10.0 Å². The molecule has 0 atom stereocenters. The Labute approximate surface area is 222 Å². The van der Waals surface area contributed by atoms with E-state index in [-0.39, 0.29) is 17.3 Å². The van der Waals surface area contributed by atoms with E-state index in [4.69, 9.17) is 4.98 Å². The van der Waals surface area contributed by atoms with Crippen LogP contribution in [0.3, 0.4) is 0 Å². The molecular formula is C28H32N4O3S2. The highest BCUT2D eigenvalue weighted by Gasteiger charge is 2.26. The van der Waals surface area contributed by atoms with Crippen molar-refractivity contribution in [3.63, 3.8) is 0 Å². The van der Waals surface area contributed by atoms with E-state index in [1.165, 1.54) is 33.3 Å². The van der Waals surface area contributed by atoms with Crippen molar-refractivity contribution in [2.45, 2.75) is 51.5 Å². The fourth-order valence-corrected chi connectivity index (χ4v) is 6.75. The van der Waals surface area contributed by atoms with E-state index in [1.54, 1.807) is 23.2 Å². The summed E-state index contributed by atoms with van der Waals surface area (Å²) in [5, 5.41) is 0.577. The van der Waals surface area contributed by atoms with Gasteiger partial charge in [0.15, 0.2) is 5.13 Å². The number of amides is 1. The SMILES string of the molecule is CCCN(CCC)S(=O)(=O)c1ccc(C(=O)N(Cc2ccccn2)c2nc3ccc(CC)cc3s2)cc1. The molecule has 0 unspecified atom stereocenters. The lowest BCUT2D eigenvalue weighted by molar-refractivity contribution is 0.0984. The van der Waals surface area contributed by atoms with Gasteiger partial charge >= 0.3 is 0 Å². The molecule has 0 N–H and O–H groups in total. The van der Waals surface area contributed by atoms with Gasteiger partial charge in [-0.25, -0.2) is 13.4 Å². The zero-order valence-corrected chi connectivity index (χ0v) is 23.1. The van der Waals surface area contributed by atoms with Gasteiger partial charge in [-0.15, -0.1) is 0 Å². The van der Waals surface area contributed by atoms with E-state index in [0.29, 0.717) is 23.8 Å². The molecule has 1 amide bonds. The van der Waals surface area contributed by atoms with Crippen molar-refractivity contribution in [3.8, 4) is 0 Å². The summed E-state index contributed by atoms with van der Waals surface area (Å²) in [6, 6.07) is 17.9. The molecule has 9 heteroatoms. The smallest absolute Gasteiger partial charge is 0.260 e. The maximum absolute atomic E-state index is 13.8. The zero-order chi connectivity index (χ0) is 26.4. The van der Waals surface area contributed by atoms with Crippen LogP contribution in [0.4, 0.5) is 5.13 Å². The second-order valence-corrected chi connectivity index (χ2v) is 11.7. The Kier molecular flexibility index (Phi) is 8.68. The van der Waals surface area contributed by atoms with Crippen molar-refractivity contribution in [2.24, 2.45) is 0 Å². The summed E-state index contributed by atoms with van der Waals surface area (Å²) >= 11 is 1.46. The number of hydrogen-bond acceptors (Lipinski definition) is 6. The van der Waals surface area contributed by atoms with Crippen LogP contribution in [-0.4, -0.2) is 41.7 Å². The third-order valence-electron chi connectivity index (χ3n) is 6.06. The quantitative estimate of drug-likeness (QED) is 0.238. The summed E-state index contributed by atoms with van der Waals surface area (Å²) < 4.78 is 28.8. The fraction of sp³-hybridized carbons (Fsp3) is 0.321. The number of nitrogens with zero attached hydrogens (tertiary/aromatic N) is 4. The number of rotatable bonds is 11. The third-order valence-corrected chi connectivity index (χ3v) is 9.01. The van der Waals surface area contributed by atoms with Crippen molar-refractivity contribution in [1.82, 2.24) is 14.3 Å². The van der Waals surface area contributed by atoms with E-state index in [2.05, 4.69) is 24.0 Å². The number of thiazole rings is 1. The first-order chi connectivity index (χ1) is 17.9. The molecule has 0 saturated heterocycles. The van der Waals surface area contributed by atoms with Gasteiger partial charge in [-0.3, -0.25) is 14.7 Å². The van der Waals surface area contributed by atoms with Crippen LogP contribution in [0.5, 0.6) is 0 Å². The van der Waals surface area contributed by atoms with Crippen molar-refractivity contribution >= 4 is 42.6 Å². The van der Waals surface area contributed by atoms with Gasteiger partial charge in [-0.2, -0.15) is 4.31 Å². The molecule has 0 aliphatic rings. The molecule has 0 aliphatic carbocycles. The molecule has 37 heavy (non-hydrogen) atoms. The highest BCUT2D eigenvalue weighted by atomic mass is 32.2. The standard InChI is InChI=1S/C28H32N4O3S2/c1-4-17-31(18-5-2)37(34,35)24-13-11-22(12-14-24)27(33)32(20-23-9-7-8-16-29-23)28-30-25-15-10-21(6-3)19-26(25)36-28/h7-16,19H,4-6,17-18,20H2,1-3H3. The van der Waals surface area contributed by atoms with Crippen molar-refractivity contribution in [2.75, 3.05) is 18.0 Å². The minimum absolute atomic E-state index is 0.189. The summed E-state index contributed by atoms with van der Waals surface area (Å²) in [5.74, 6) is -0.261. The van der Waals surface area contributed by atoms with Gasteiger partial charge in [-0.1, -0.05) is 44.2 Å². The summed E-state index contributed by atoms with van der Waals surface area (Å²) in [6.07, 6.45) is 4.09. The lowest BCUT2D eigenvalue weighted by Crippen LogP contribution is -2.33. The number of anilines is 1. The van der Waals surface area contributed by atoms with Crippen LogP contribution >= 0.6 is 11.3 Å². The van der Waals surface area contributed by atoms with Gasteiger partial charge < -0.3 is 0 Å². The third kappa shape index (κ3) is 6.06. The number of benzene rings is 2. The van der Waals surface area contributed by atoms with Gasteiger partial charge in [0.25, 0.3) is 5.91 Å². The Morgan fingerprint density at radius 3 is 2.30 bits per heavy atom. The van der Waals surface area contributed by atoms with Gasteiger partial charge in [-0.05, 0) is 73.4 Å². The minimum atomic E-state index is -3.62. The van der Waals surface area contributed by atoms with Crippen molar-refractivity contribution in [1.29, 1.82) is 0 Å². The van der Waals surface area contributed by atoms with Crippen LogP contribution in [0, 0.1) is 0 Å². The van der Waals surface area contributed by atoms with Gasteiger partial charge in [0.2, 0.25) is 10.0 Å². The lowest BCUT2D eigenvalue weighted by atomic mass is 10.2. The molecule has 0 bridgehead atoms. The predicted octanol–water partition coefficient (Wildman–Crippen LogP) is 5.91. The number of pyridine rings is 1. The zero-order valence-electron chi connectivity index (χ0n) is 21.4. The van der Waals surface area contributed by atoms with E-state index in [9.17, 15) is 13.2 Å². The van der Waals surface area contributed by atoms with E-state index >= 15 is 0 Å². The van der Waals surface area contributed by atoms with Crippen LogP contribution in [0.25, 0.3) is 10.2 Å². The highest BCUT2D eigenvalue weighted by molar-refractivity contribution is 7.89. The predicted molar refractivity (Wildman–Crippen MR) is 150 cm³/mol. The number of carbonyl (C=O) groups is 1. The number of aryl methyl sites for hydroxylation is 1. The molecule has 0 saturated carbocycles. The maximum Gasteiger partial charge on any atom is 0.260 e. The van der Waals surface area contributed by atoms with E-state index in [1.807, 2.05) is 38.1 Å². The number of aromatic nitrogens is 2. The Hall–Kier alpha value is -3.14. The Morgan fingerprint density at radius 1 is 0.946 bits per heavy atom. The lowest BCUT2D eigenvalue weighted by Gasteiger charge is -2.22. The Bertz CT molecular complexity index is 1450. The van der Waals surface area contributed by atoms with Crippen molar-refractivity contribution in [3.05, 3.63) is 83.7 Å². The number of hydrogen-bond donors (Lipinski definition) is 0. The molecule has 0 fully saturated rings. The normalized spacial score (nSPS) is 11.8. The average Bonchev–Trinajstić information content (AvgIpc) is 3.35. The minimum Gasteiger partial charge on any atom is -0.278 e. The maximum atomic E-state index is 13.8. The topological polar surface area (TPSA) is 83.5 Å². The molecule has 4 aromatic rings. The van der Waals surface area contributed by atoms with Gasteiger partial charge in [0, 0.05) is 24.8 Å². The van der Waals surface area contributed by atoms with Crippen molar-refractivity contribution < 1.29 is 13.2 Å². The second kappa shape index (κ2) is 11.9. The second-order valence-electron chi connectivity index (χ2n) is 8.79. The molecular weight excluding hydrogens is 504 g/mol. The molecule has 2 aromatic heterocycles. The van der Waals surface area contributed by atoms with Crippen LogP contribution in [0.15, 0.2) is 71.8 Å². The largest absolute Gasteiger partial charge is 0.278 e. The number of sulfonamides is 1. The first-order valence-corrected chi connectivity index (χ1v) is 14.8. The van der Waals surface area contributed by atoms with Gasteiger partial charge in [0.05, 0.1) is 27.4 Å². The summed E-state index contributed by atoms with van der Waals surface area (Å²) in [7, 11) is -3.62. The summed E-state index contributed by atoms with van der Waals surface area (Å²) in [4.78, 5) is 24.7. The number of fused-ring (bicyclic) bond motifs is 1. The Morgan fingerprint density at radius 2 is 1.68 bits per heavy atom. The first-order valence-electron chi connectivity index (χ1n) is 12.6. The van der Waals surface area contributed by atoms with Crippen LogP contribution in [-0.2, 0) is 23.0 Å². The van der Waals surface area contributed by atoms with Crippen LogP contribution in [0.1, 0.15) is 55.2 Å². The molecule has 194 valence electrons. The average molecular weight is 537 g/mol. The summed E-state index contributed by atoms with van der Waals surface area (Å²) in [5.41, 5.74) is 3.17. The van der Waals surface area contributed by atoms with Gasteiger partial charge in [0.1, 0.15) is 0 Å². The first kappa shape index (κ1) is 26.9. The van der Waals surface area contributed by atoms with Crippen LogP contribution in [0.2, 0.25) is 0 Å².